The van der Waals surface area contributed by atoms with Gasteiger partial charge in [0.15, 0.2) is 0 Å². The lowest BCUT2D eigenvalue weighted by Gasteiger charge is -2.26. The van der Waals surface area contributed by atoms with Gasteiger partial charge in [-0.3, -0.25) is 4.79 Å². The van der Waals surface area contributed by atoms with E-state index in [4.69, 9.17) is 5.73 Å². The summed E-state index contributed by atoms with van der Waals surface area (Å²) in [6.07, 6.45) is -4.88. The number of rotatable bonds is 2. The van der Waals surface area contributed by atoms with Crippen molar-refractivity contribution in [1.82, 2.24) is 0 Å². The van der Waals surface area contributed by atoms with Gasteiger partial charge in [0, 0.05) is 0 Å². The van der Waals surface area contributed by atoms with Crippen LogP contribution in [0.3, 0.4) is 0 Å². The van der Waals surface area contributed by atoms with Gasteiger partial charge in [-0.1, -0.05) is 0 Å². The highest BCUT2D eigenvalue weighted by atomic mass is 19.4. The molecule has 0 aliphatic heterocycles. The summed E-state index contributed by atoms with van der Waals surface area (Å²) in [5, 5.41) is 0. The molecular weight excluding hydrogens is 211 g/mol. The molecule has 1 fully saturated rings. The summed E-state index contributed by atoms with van der Waals surface area (Å²) < 4.78 is 42.1. The largest absolute Gasteiger partial charge is 0.466 e. The normalized spacial score (nSPS) is 31.7. The third kappa shape index (κ3) is 2.42. The fraction of sp³-hybridized carbons (Fsp3) is 0.889. The van der Waals surface area contributed by atoms with E-state index in [1.54, 1.807) is 6.92 Å². The Hall–Kier alpha value is -0.780. The summed E-state index contributed by atoms with van der Waals surface area (Å²) in [4.78, 5) is 11.2. The molecule has 2 unspecified atom stereocenters. The molecule has 0 aromatic rings. The number of nitrogens with two attached hydrogens (primary N) is 1. The molecule has 1 saturated carbocycles. The maximum atomic E-state index is 12.5. The molecule has 6 heteroatoms. The van der Waals surface area contributed by atoms with Gasteiger partial charge in [-0.05, 0) is 26.2 Å². The van der Waals surface area contributed by atoms with Crippen LogP contribution in [0.4, 0.5) is 13.2 Å². The topological polar surface area (TPSA) is 52.3 Å². The van der Waals surface area contributed by atoms with Gasteiger partial charge >= 0.3 is 12.1 Å². The molecule has 0 aromatic heterocycles. The van der Waals surface area contributed by atoms with Crippen molar-refractivity contribution in [3.05, 3.63) is 0 Å². The van der Waals surface area contributed by atoms with E-state index in [-0.39, 0.29) is 25.9 Å². The van der Waals surface area contributed by atoms with Crippen molar-refractivity contribution in [3.63, 3.8) is 0 Å². The SMILES string of the molecule is CCOC(=O)C1CCC(N)(C(F)(F)F)C1. The number of carbonyl (C=O) groups excluding carboxylic acids is 1. The standard InChI is InChI=1S/C9H14F3NO2/c1-2-15-7(14)6-3-4-8(13,5-6)9(10,11)12/h6H,2-5,13H2,1H3. The van der Waals surface area contributed by atoms with Crippen LogP contribution in [0.15, 0.2) is 0 Å². The van der Waals surface area contributed by atoms with Crippen LogP contribution in [0.5, 0.6) is 0 Å². The van der Waals surface area contributed by atoms with Crippen molar-refractivity contribution in [3.8, 4) is 0 Å². The quantitative estimate of drug-likeness (QED) is 0.726. The van der Waals surface area contributed by atoms with Crippen molar-refractivity contribution in [1.29, 1.82) is 0 Å². The summed E-state index contributed by atoms with van der Waals surface area (Å²) in [6, 6.07) is 0. The Bertz CT molecular complexity index is 254. The van der Waals surface area contributed by atoms with Gasteiger partial charge in [0.05, 0.1) is 12.5 Å². The smallest absolute Gasteiger partial charge is 0.406 e. The van der Waals surface area contributed by atoms with Crippen LogP contribution < -0.4 is 5.73 Å². The molecule has 1 aliphatic rings. The Morgan fingerprint density at radius 3 is 2.60 bits per heavy atom. The maximum Gasteiger partial charge on any atom is 0.406 e. The number of esters is 1. The molecule has 2 N–H and O–H groups in total. The molecule has 0 bridgehead atoms. The molecule has 2 atom stereocenters. The second-order valence-electron chi connectivity index (χ2n) is 3.85. The average molecular weight is 225 g/mol. The van der Waals surface area contributed by atoms with Gasteiger partial charge < -0.3 is 10.5 Å². The van der Waals surface area contributed by atoms with Gasteiger partial charge in [-0.15, -0.1) is 0 Å². The predicted molar refractivity (Wildman–Crippen MR) is 46.9 cm³/mol. The summed E-state index contributed by atoms with van der Waals surface area (Å²) in [5.74, 6) is -1.29. The molecule has 0 aromatic carbocycles. The van der Waals surface area contributed by atoms with E-state index in [9.17, 15) is 18.0 Å². The minimum Gasteiger partial charge on any atom is -0.466 e. The zero-order valence-electron chi connectivity index (χ0n) is 8.43. The first-order valence-corrected chi connectivity index (χ1v) is 4.82. The van der Waals surface area contributed by atoms with Gasteiger partial charge in [-0.25, -0.2) is 0 Å². The van der Waals surface area contributed by atoms with E-state index in [0.29, 0.717) is 0 Å². The van der Waals surface area contributed by atoms with E-state index in [1.807, 2.05) is 0 Å². The minimum atomic E-state index is -4.45. The predicted octanol–water partition coefficient (Wildman–Crippen LogP) is 1.61. The van der Waals surface area contributed by atoms with Gasteiger partial charge in [-0.2, -0.15) is 13.2 Å². The van der Waals surface area contributed by atoms with E-state index in [1.165, 1.54) is 0 Å². The second kappa shape index (κ2) is 4.00. The Morgan fingerprint density at radius 2 is 2.20 bits per heavy atom. The highest BCUT2D eigenvalue weighted by Gasteiger charge is 2.56. The second-order valence-corrected chi connectivity index (χ2v) is 3.85. The molecule has 0 amide bonds. The first kappa shape index (κ1) is 12.3. The van der Waals surface area contributed by atoms with Crippen LogP contribution in [0, 0.1) is 5.92 Å². The Morgan fingerprint density at radius 1 is 1.60 bits per heavy atom. The number of ether oxygens (including phenoxy) is 1. The minimum absolute atomic E-state index is 0.148. The highest BCUT2D eigenvalue weighted by molar-refractivity contribution is 5.73. The fourth-order valence-corrected chi connectivity index (χ4v) is 1.79. The lowest BCUT2D eigenvalue weighted by Crippen LogP contribution is -2.51. The first-order valence-electron chi connectivity index (χ1n) is 4.82. The van der Waals surface area contributed by atoms with Crippen molar-refractivity contribution in [2.45, 2.75) is 37.9 Å². The number of hydrogen-bond acceptors (Lipinski definition) is 3. The molecule has 0 saturated heterocycles. The first-order chi connectivity index (χ1) is 6.80. The Balaban J connectivity index is 2.63. The highest BCUT2D eigenvalue weighted by Crippen LogP contribution is 2.43. The zero-order chi connectivity index (χ0) is 11.7. The fourth-order valence-electron chi connectivity index (χ4n) is 1.79. The van der Waals surface area contributed by atoms with E-state index >= 15 is 0 Å². The van der Waals surface area contributed by atoms with Crippen LogP contribution in [-0.2, 0) is 9.53 Å². The third-order valence-electron chi connectivity index (χ3n) is 2.73. The number of halogens is 3. The zero-order valence-corrected chi connectivity index (χ0v) is 8.43. The number of alkyl halides is 3. The molecule has 88 valence electrons. The van der Waals surface area contributed by atoms with E-state index in [2.05, 4.69) is 4.74 Å². The summed E-state index contributed by atoms with van der Waals surface area (Å²) in [7, 11) is 0. The molecular formula is C9H14F3NO2. The van der Waals surface area contributed by atoms with Crippen LogP contribution in [0.2, 0.25) is 0 Å². The summed E-state index contributed by atoms with van der Waals surface area (Å²) in [6.45, 7) is 1.80. The maximum absolute atomic E-state index is 12.5. The van der Waals surface area contributed by atoms with Crippen LogP contribution in [0.25, 0.3) is 0 Å². The van der Waals surface area contributed by atoms with Gasteiger partial charge in [0.2, 0.25) is 0 Å². The molecule has 0 spiro atoms. The monoisotopic (exact) mass is 225 g/mol. The molecule has 15 heavy (non-hydrogen) atoms. The summed E-state index contributed by atoms with van der Waals surface area (Å²) in [5.41, 5.74) is 3.01. The van der Waals surface area contributed by atoms with E-state index < -0.39 is 23.6 Å². The Labute approximate surface area is 85.8 Å². The lowest BCUT2D eigenvalue weighted by molar-refractivity contribution is -0.185. The molecule has 1 aliphatic carbocycles. The number of carbonyl (C=O) groups is 1. The third-order valence-corrected chi connectivity index (χ3v) is 2.73. The van der Waals surface area contributed by atoms with Crippen molar-refractivity contribution >= 4 is 5.97 Å². The van der Waals surface area contributed by atoms with Gasteiger partial charge in [0.25, 0.3) is 0 Å². The van der Waals surface area contributed by atoms with Crippen LogP contribution in [-0.4, -0.2) is 24.3 Å². The Kier molecular flexibility index (Phi) is 3.28. The molecule has 1 rings (SSSR count). The van der Waals surface area contributed by atoms with Gasteiger partial charge in [0.1, 0.15) is 5.54 Å². The number of hydrogen-bond donors (Lipinski definition) is 1. The average Bonchev–Trinajstić information content (AvgIpc) is 2.48. The van der Waals surface area contributed by atoms with Crippen molar-refractivity contribution < 1.29 is 22.7 Å². The van der Waals surface area contributed by atoms with Crippen molar-refractivity contribution in [2.24, 2.45) is 11.7 Å². The van der Waals surface area contributed by atoms with E-state index in [0.717, 1.165) is 0 Å². The van der Waals surface area contributed by atoms with Crippen LogP contribution in [0.1, 0.15) is 26.2 Å². The molecule has 3 nitrogen and oxygen atoms in total. The molecule has 0 radical (unpaired) electrons. The lowest BCUT2D eigenvalue weighted by atomic mass is 9.97. The molecule has 0 heterocycles. The summed E-state index contributed by atoms with van der Waals surface area (Å²) >= 11 is 0. The van der Waals surface area contributed by atoms with Crippen molar-refractivity contribution in [2.75, 3.05) is 6.61 Å². The van der Waals surface area contributed by atoms with Crippen LogP contribution >= 0.6 is 0 Å².